The van der Waals surface area contributed by atoms with Crippen LogP contribution in [0.15, 0.2) is 18.2 Å². The van der Waals surface area contributed by atoms with Crippen molar-refractivity contribution in [1.29, 1.82) is 0 Å². The molecule has 3 rings (SSSR count). The minimum absolute atomic E-state index is 0.416. The summed E-state index contributed by atoms with van der Waals surface area (Å²) in [5.74, 6) is 1.16. The average molecular weight is 234 g/mol. The molecule has 0 saturated heterocycles. The van der Waals surface area contributed by atoms with Gasteiger partial charge >= 0.3 is 0 Å². The first-order chi connectivity index (χ1) is 7.99. The molecule has 1 aromatic carbocycles. The molecule has 17 heavy (non-hydrogen) atoms. The fourth-order valence-corrected chi connectivity index (χ4v) is 2.59. The zero-order valence-electron chi connectivity index (χ0n) is 10.3. The Morgan fingerprint density at radius 1 is 1.12 bits per heavy atom. The van der Waals surface area contributed by atoms with Crippen molar-refractivity contribution in [2.45, 2.75) is 50.9 Å². The van der Waals surface area contributed by atoms with Crippen molar-refractivity contribution in [2.24, 2.45) is 0 Å². The van der Waals surface area contributed by atoms with E-state index < -0.39 is 11.4 Å². The van der Waals surface area contributed by atoms with Gasteiger partial charge in [0.2, 0.25) is 0 Å². The van der Waals surface area contributed by atoms with E-state index >= 15 is 0 Å². The van der Waals surface area contributed by atoms with E-state index in [0.29, 0.717) is 0 Å². The van der Waals surface area contributed by atoms with Crippen LogP contribution >= 0.6 is 0 Å². The molecule has 0 unspecified atom stereocenters. The average Bonchev–Trinajstić information content (AvgIpc) is 2.82. The van der Waals surface area contributed by atoms with Gasteiger partial charge in [-0.15, -0.1) is 0 Å². The predicted octanol–water partition coefficient (Wildman–Crippen LogP) is 2.96. The fourth-order valence-electron chi connectivity index (χ4n) is 2.59. The van der Waals surface area contributed by atoms with Gasteiger partial charge in [0.25, 0.3) is 5.79 Å². The maximum Gasteiger partial charge on any atom is 0.251 e. The van der Waals surface area contributed by atoms with Gasteiger partial charge in [-0.1, -0.05) is 6.07 Å². The third-order valence-electron chi connectivity index (χ3n) is 3.61. The van der Waals surface area contributed by atoms with Crippen molar-refractivity contribution < 1.29 is 14.6 Å². The summed E-state index contributed by atoms with van der Waals surface area (Å²) in [5.41, 5.74) is 0.0130. The van der Waals surface area contributed by atoms with Crippen LogP contribution in [0, 0.1) is 0 Å². The number of benzene rings is 1. The Labute approximate surface area is 101 Å². The summed E-state index contributed by atoms with van der Waals surface area (Å²) < 4.78 is 11.9. The Balaban J connectivity index is 1.93. The zero-order chi connectivity index (χ0) is 12.1. The van der Waals surface area contributed by atoms with E-state index in [9.17, 15) is 5.11 Å². The summed E-state index contributed by atoms with van der Waals surface area (Å²) in [6, 6.07) is 5.69. The zero-order valence-corrected chi connectivity index (χ0v) is 10.3. The van der Waals surface area contributed by atoms with Crippen molar-refractivity contribution in [3.05, 3.63) is 23.8 Å². The van der Waals surface area contributed by atoms with E-state index in [0.717, 1.165) is 42.7 Å². The first-order valence-electron chi connectivity index (χ1n) is 6.24. The fraction of sp³-hybridized carbons (Fsp3) is 0.571. The highest BCUT2D eigenvalue weighted by Crippen LogP contribution is 2.47. The third-order valence-corrected chi connectivity index (χ3v) is 3.61. The predicted molar refractivity (Wildman–Crippen MR) is 64.1 cm³/mol. The molecule has 3 nitrogen and oxygen atoms in total. The van der Waals surface area contributed by atoms with E-state index in [1.165, 1.54) is 0 Å². The highest BCUT2D eigenvalue weighted by molar-refractivity contribution is 5.47. The van der Waals surface area contributed by atoms with E-state index in [1.54, 1.807) is 13.8 Å². The van der Waals surface area contributed by atoms with Crippen LogP contribution in [0.1, 0.15) is 45.1 Å². The van der Waals surface area contributed by atoms with Gasteiger partial charge in [-0.3, -0.25) is 0 Å². The Morgan fingerprint density at radius 2 is 1.76 bits per heavy atom. The molecule has 92 valence electrons. The molecule has 1 aliphatic heterocycles. The van der Waals surface area contributed by atoms with Crippen LogP contribution in [-0.4, -0.2) is 10.9 Å². The second kappa shape index (κ2) is 3.39. The van der Waals surface area contributed by atoms with Crippen LogP contribution in [0.4, 0.5) is 0 Å². The largest absolute Gasteiger partial charge is 0.448 e. The monoisotopic (exact) mass is 234 g/mol. The summed E-state index contributed by atoms with van der Waals surface area (Å²) in [5, 5.41) is 9.98. The normalized spacial score (nSPS) is 21.1. The minimum Gasteiger partial charge on any atom is -0.448 e. The first kappa shape index (κ1) is 10.9. The van der Waals surface area contributed by atoms with Crippen molar-refractivity contribution >= 4 is 0 Å². The Kier molecular flexibility index (Phi) is 2.17. The lowest BCUT2D eigenvalue weighted by molar-refractivity contribution is -0.0717. The lowest BCUT2D eigenvalue weighted by Gasteiger charge is -2.21. The number of hydrogen-bond acceptors (Lipinski definition) is 3. The van der Waals surface area contributed by atoms with Gasteiger partial charge in [0.1, 0.15) is 0 Å². The van der Waals surface area contributed by atoms with E-state index in [4.69, 9.17) is 9.47 Å². The lowest BCUT2D eigenvalue weighted by atomic mass is 9.98. The summed E-state index contributed by atoms with van der Waals surface area (Å²) in [7, 11) is 0. The van der Waals surface area contributed by atoms with Gasteiger partial charge < -0.3 is 14.6 Å². The second-order valence-electron chi connectivity index (χ2n) is 5.54. The molecule has 1 fully saturated rings. The van der Waals surface area contributed by atoms with E-state index in [-0.39, 0.29) is 0 Å². The first-order valence-corrected chi connectivity index (χ1v) is 6.24. The van der Waals surface area contributed by atoms with Gasteiger partial charge in [0.15, 0.2) is 11.5 Å². The molecule has 1 aliphatic carbocycles. The number of hydrogen-bond donors (Lipinski definition) is 1. The number of aliphatic hydroxyl groups is 1. The van der Waals surface area contributed by atoms with Crippen molar-refractivity contribution in [2.75, 3.05) is 0 Å². The topological polar surface area (TPSA) is 38.7 Å². The van der Waals surface area contributed by atoms with Crippen molar-refractivity contribution in [3.8, 4) is 11.5 Å². The summed E-state index contributed by atoms with van der Waals surface area (Å²) >= 11 is 0. The maximum absolute atomic E-state index is 9.98. The minimum atomic E-state index is -0.843. The van der Waals surface area contributed by atoms with Crippen LogP contribution in [0.5, 0.6) is 11.5 Å². The van der Waals surface area contributed by atoms with Gasteiger partial charge in [0.05, 0.1) is 5.60 Å². The molecular weight excluding hydrogens is 216 g/mol. The molecule has 0 aromatic heterocycles. The molecule has 0 bridgehead atoms. The van der Waals surface area contributed by atoms with Crippen molar-refractivity contribution in [3.63, 3.8) is 0 Å². The van der Waals surface area contributed by atoms with Gasteiger partial charge in [0, 0.05) is 12.8 Å². The number of ether oxygens (including phenoxy) is 2. The molecule has 1 N–H and O–H groups in total. The van der Waals surface area contributed by atoms with Crippen LogP contribution in [0.2, 0.25) is 0 Å². The maximum atomic E-state index is 9.98. The van der Waals surface area contributed by atoms with E-state index in [2.05, 4.69) is 0 Å². The molecule has 3 heteroatoms. The van der Waals surface area contributed by atoms with Crippen LogP contribution in [-0.2, 0) is 5.60 Å². The molecule has 2 aliphatic rings. The van der Waals surface area contributed by atoms with Crippen LogP contribution in [0.3, 0.4) is 0 Å². The third kappa shape index (κ3) is 1.78. The summed E-state index contributed by atoms with van der Waals surface area (Å²) in [6.45, 7) is 3.55. The highest BCUT2D eigenvalue weighted by atomic mass is 16.7. The van der Waals surface area contributed by atoms with Gasteiger partial charge in [-0.05, 0) is 44.4 Å². The molecule has 1 heterocycles. The molecule has 1 aromatic rings. The van der Waals surface area contributed by atoms with Crippen molar-refractivity contribution in [1.82, 2.24) is 0 Å². The molecule has 1 saturated carbocycles. The summed E-state index contributed by atoms with van der Waals surface area (Å²) in [6.07, 6.45) is 4.23. The van der Waals surface area contributed by atoms with Crippen LogP contribution < -0.4 is 9.47 Å². The smallest absolute Gasteiger partial charge is 0.251 e. The summed E-state index contributed by atoms with van der Waals surface area (Å²) in [4.78, 5) is 0. The molecule has 0 atom stereocenters. The van der Waals surface area contributed by atoms with Gasteiger partial charge in [-0.2, -0.15) is 0 Å². The molecule has 0 radical (unpaired) electrons. The lowest BCUT2D eigenvalue weighted by Crippen LogP contribution is -2.34. The standard InChI is InChI=1S/C14H18O3/c1-13(2,15)10-5-6-11-12(9-10)17-14(16-11)7-3-4-8-14/h5-6,9,15H,3-4,7-8H2,1-2H3. The Hall–Kier alpha value is -1.22. The van der Waals surface area contributed by atoms with Crippen LogP contribution in [0.25, 0.3) is 0 Å². The quantitative estimate of drug-likeness (QED) is 0.812. The molecule has 1 spiro atoms. The Morgan fingerprint density at radius 3 is 2.41 bits per heavy atom. The van der Waals surface area contributed by atoms with Gasteiger partial charge in [-0.25, -0.2) is 0 Å². The number of rotatable bonds is 1. The SMILES string of the molecule is CC(C)(O)c1ccc2c(c1)OC1(CCCC1)O2. The Bertz CT molecular complexity index is 439. The second-order valence-corrected chi connectivity index (χ2v) is 5.54. The van der Waals surface area contributed by atoms with E-state index in [1.807, 2.05) is 18.2 Å². The molecular formula is C14H18O3. The number of fused-ring (bicyclic) bond motifs is 1. The molecule has 0 amide bonds. The highest BCUT2D eigenvalue weighted by Gasteiger charge is 2.44.